The van der Waals surface area contributed by atoms with E-state index in [0.29, 0.717) is 37.9 Å². The lowest BCUT2D eigenvalue weighted by molar-refractivity contribution is 0.0663. The molecule has 3 N–H and O–H groups in total. The van der Waals surface area contributed by atoms with Gasteiger partial charge in [0.05, 0.1) is 30.9 Å². The second kappa shape index (κ2) is 6.51. The molecule has 0 aliphatic carbocycles. The van der Waals surface area contributed by atoms with E-state index in [1.165, 1.54) is 0 Å². The minimum Gasteiger partial charge on any atom is -0.399 e. The molecule has 0 saturated heterocycles. The molecule has 6 nitrogen and oxygen atoms in total. The summed E-state index contributed by atoms with van der Waals surface area (Å²) in [5.41, 5.74) is 8.14. The molecule has 6 heteroatoms. The zero-order valence-electron chi connectivity index (χ0n) is 11.0. The van der Waals surface area contributed by atoms with Crippen LogP contribution in [0.15, 0.2) is 18.2 Å². The maximum Gasteiger partial charge on any atom is 0.135 e. The number of aliphatic hydroxyl groups is 1. The molecular weight excluding hydrogens is 246 g/mol. The van der Waals surface area contributed by atoms with Crippen LogP contribution in [0.4, 0.5) is 5.69 Å². The molecule has 19 heavy (non-hydrogen) atoms. The normalized spacial score (nSPS) is 11.3. The summed E-state index contributed by atoms with van der Waals surface area (Å²) >= 11 is 0. The molecule has 0 saturated carbocycles. The molecule has 2 rings (SSSR count). The van der Waals surface area contributed by atoms with E-state index >= 15 is 0 Å². The summed E-state index contributed by atoms with van der Waals surface area (Å²) in [6, 6.07) is 5.54. The van der Waals surface area contributed by atoms with Gasteiger partial charge in [-0.15, -0.1) is 0 Å². The lowest BCUT2D eigenvalue weighted by Crippen LogP contribution is -2.11. The van der Waals surface area contributed by atoms with Gasteiger partial charge in [-0.3, -0.25) is 0 Å². The van der Waals surface area contributed by atoms with Gasteiger partial charge in [0.1, 0.15) is 12.4 Å². The number of nitrogens with zero attached hydrogens (tertiary/aromatic N) is 2. The average molecular weight is 265 g/mol. The largest absolute Gasteiger partial charge is 0.399 e. The van der Waals surface area contributed by atoms with Crippen LogP contribution in [0.1, 0.15) is 5.82 Å². The van der Waals surface area contributed by atoms with E-state index in [1.54, 1.807) is 13.2 Å². The molecule has 1 aromatic heterocycles. The van der Waals surface area contributed by atoms with Crippen molar-refractivity contribution in [1.29, 1.82) is 0 Å². The summed E-state index contributed by atoms with van der Waals surface area (Å²) in [4.78, 5) is 4.36. The first-order chi connectivity index (χ1) is 9.26. The van der Waals surface area contributed by atoms with E-state index in [2.05, 4.69) is 4.98 Å². The minimum absolute atomic E-state index is 0.105. The molecule has 1 aromatic carbocycles. The fraction of sp³-hybridized carbons (Fsp3) is 0.462. The number of hydrogen-bond donors (Lipinski definition) is 2. The number of hydrogen-bond acceptors (Lipinski definition) is 5. The van der Waals surface area contributed by atoms with Gasteiger partial charge in [-0.25, -0.2) is 4.98 Å². The number of imidazole rings is 1. The number of nitrogens with two attached hydrogens (primary N) is 1. The second-order valence-corrected chi connectivity index (χ2v) is 4.19. The van der Waals surface area contributed by atoms with Crippen molar-refractivity contribution in [2.75, 3.05) is 32.7 Å². The van der Waals surface area contributed by atoms with Crippen molar-refractivity contribution < 1.29 is 14.6 Å². The van der Waals surface area contributed by atoms with Crippen LogP contribution >= 0.6 is 0 Å². The Morgan fingerprint density at radius 3 is 2.89 bits per heavy atom. The van der Waals surface area contributed by atoms with Crippen LogP contribution in [0.2, 0.25) is 0 Å². The van der Waals surface area contributed by atoms with Crippen LogP contribution in [0.3, 0.4) is 0 Å². The predicted molar refractivity (Wildman–Crippen MR) is 72.8 cm³/mol. The molecule has 0 bridgehead atoms. The van der Waals surface area contributed by atoms with Crippen molar-refractivity contribution in [3.63, 3.8) is 0 Å². The quantitative estimate of drug-likeness (QED) is 0.571. The van der Waals surface area contributed by atoms with Gasteiger partial charge < -0.3 is 24.9 Å². The van der Waals surface area contributed by atoms with Crippen molar-refractivity contribution in [3.8, 4) is 0 Å². The van der Waals surface area contributed by atoms with E-state index in [9.17, 15) is 5.11 Å². The minimum atomic E-state index is -0.105. The first-order valence-corrected chi connectivity index (χ1v) is 6.18. The van der Waals surface area contributed by atoms with Crippen molar-refractivity contribution in [1.82, 2.24) is 9.55 Å². The number of nitrogen functional groups attached to an aromatic ring is 1. The monoisotopic (exact) mass is 265 g/mol. The SMILES string of the molecule is COCCOCCn1c(CO)nc2cc(N)ccc21. The number of aliphatic hydroxyl groups excluding tert-OH is 1. The maximum atomic E-state index is 9.35. The highest BCUT2D eigenvalue weighted by molar-refractivity contribution is 5.79. The number of aromatic nitrogens is 2. The Morgan fingerprint density at radius 2 is 2.16 bits per heavy atom. The van der Waals surface area contributed by atoms with E-state index < -0.39 is 0 Å². The smallest absolute Gasteiger partial charge is 0.135 e. The highest BCUT2D eigenvalue weighted by Gasteiger charge is 2.09. The molecular formula is C13H19N3O3. The Bertz CT molecular complexity index is 539. The number of methoxy groups -OCH3 is 1. The summed E-state index contributed by atoms with van der Waals surface area (Å²) in [6.07, 6.45) is 0. The average Bonchev–Trinajstić information content (AvgIpc) is 2.75. The van der Waals surface area contributed by atoms with Crippen LogP contribution < -0.4 is 5.73 Å². The zero-order chi connectivity index (χ0) is 13.7. The van der Waals surface area contributed by atoms with Gasteiger partial charge in [0.25, 0.3) is 0 Å². The van der Waals surface area contributed by atoms with Gasteiger partial charge in [0.15, 0.2) is 0 Å². The first-order valence-electron chi connectivity index (χ1n) is 6.18. The third kappa shape index (κ3) is 3.23. The van der Waals surface area contributed by atoms with Crippen molar-refractivity contribution >= 4 is 16.7 Å². The molecule has 104 valence electrons. The third-order valence-corrected chi connectivity index (χ3v) is 2.88. The summed E-state index contributed by atoms with van der Waals surface area (Å²) in [5.74, 6) is 0.621. The number of rotatable bonds is 7. The van der Waals surface area contributed by atoms with Crippen LogP contribution in [-0.2, 0) is 22.6 Å². The van der Waals surface area contributed by atoms with Gasteiger partial charge >= 0.3 is 0 Å². The van der Waals surface area contributed by atoms with Crippen molar-refractivity contribution in [2.24, 2.45) is 0 Å². The van der Waals surface area contributed by atoms with E-state index in [1.807, 2.05) is 16.7 Å². The first kappa shape index (κ1) is 13.8. The zero-order valence-corrected chi connectivity index (χ0v) is 11.0. The number of ether oxygens (including phenoxy) is 2. The summed E-state index contributed by atoms with van der Waals surface area (Å²) < 4.78 is 12.3. The molecule has 1 heterocycles. The van der Waals surface area contributed by atoms with Gasteiger partial charge in [0.2, 0.25) is 0 Å². The van der Waals surface area contributed by atoms with E-state index in [0.717, 1.165) is 11.0 Å². The lowest BCUT2D eigenvalue weighted by Gasteiger charge is -2.08. The Hall–Kier alpha value is -1.63. The fourth-order valence-corrected chi connectivity index (χ4v) is 1.97. The van der Waals surface area contributed by atoms with Crippen molar-refractivity contribution in [3.05, 3.63) is 24.0 Å². The summed E-state index contributed by atoms with van der Waals surface area (Å²) in [7, 11) is 1.64. The number of anilines is 1. The van der Waals surface area contributed by atoms with Gasteiger partial charge in [0, 0.05) is 19.3 Å². The van der Waals surface area contributed by atoms with Crippen LogP contribution in [0.25, 0.3) is 11.0 Å². The highest BCUT2D eigenvalue weighted by Crippen LogP contribution is 2.19. The Kier molecular flexibility index (Phi) is 4.73. The molecule has 0 aliphatic heterocycles. The molecule has 0 amide bonds. The van der Waals surface area contributed by atoms with Gasteiger partial charge in [-0.2, -0.15) is 0 Å². The van der Waals surface area contributed by atoms with Gasteiger partial charge in [-0.05, 0) is 18.2 Å². The van der Waals surface area contributed by atoms with Crippen molar-refractivity contribution in [2.45, 2.75) is 13.2 Å². The summed E-state index contributed by atoms with van der Waals surface area (Å²) in [6.45, 7) is 2.22. The molecule has 0 atom stereocenters. The standard InChI is InChI=1S/C13H19N3O3/c1-18-6-7-19-5-4-16-12-3-2-10(14)8-11(12)15-13(16)9-17/h2-3,8,17H,4-7,9,14H2,1H3. The molecule has 0 radical (unpaired) electrons. The molecule has 2 aromatic rings. The Labute approximate surface area is 111 Å². The van der Waals surface area contributed by atoms with Crippen LogP contribution in [0, 0.1) is 0 Å². The van der Waals surface area contributed by atoms with E-state index in [-0.39, 0.29) is 6.61 Å². The third-order valence-electron chi connectivity index (χ3n) is 2.88. The molecule has 0 unspecified atom stereocenters. The fourth-order valence-electron chi connectivity index (χ4n) is 1.97. The molecule has 0 spiro atoms. The number of benzene rings is 1. The Balaban J connectivity index is 2.11. The number of fused-ring (bicyclic) bond motifs is 1. The topological polar surface area (TPSA) is 82.5 Å². The van der Waals surface area contributed by atoms with Gasteiger partial charge in [-0.1, -0.05) is 0 Å². The lowest BCUT2D eigenvalue weighted by atomic mass is 10.3. The predicted octanol–water partition coefficient (Wildman–Crippen LogP) is 0.774. The molecule has 0 fully saturated rings. The van der Waals surface area contributed by atoms with Crippen LogP contribution in [0.5, 0.6) is 0 Å². The maximum absolute atomic E-state index is 9.35. The second-order valence-electron chi connectivity index (χ2n) is 4.19. The molecule has 0 aliphatic rings. The summed E-state index contributed by atoms with van der Waals surface area (Å²) in [5, 5.41) is 9.35. The highest BCUT2D eigenvalue weighted by atomic mass is 16.5. The van der Waals surface area contributed by atoms with Crippen LogP contribution in [-0.4, -0.2) is 41.6 Å². The Morgan fingerprint density at radius 1 is 1.32 bits per heavy atom. The van der Waals surface area contributed by atoms with E-state index in [4.69, 9.17) is 15.2 Å².